The Morgan fingerprint density at radius 3 is 2.11 bits per heavy atom. The fourth-order valence-corrected chi connectivity index (χ4v) is 10.4. The average molecular weight is 898 g/mol. The van der Waals surface area contributed by atoms with Crippen molar-refractivity contribution in [2.24, 2.45) is 16.7 Å². The molecule has 7 rings (SSSR count). The van der Waals surface area contributed by atoms with Crippen molar-refractivity contribution in [3.05, 3.63) is 119 Å². The first-order valence-electron chi connectivity index (χ1n) is 21.6. The molecule has 0 radical (unpaired) electrons. The van der Waals surface area contributed by atoms with Gasteiger partial charge < -0.3 is 49.1 Å². The van der Waals surface area contributed by atoms with Gasteiger partial charge in [0, 0.05) is 31.1 Å². The van der Waals surface area contributed by atoms with Crippen LogP contribution < -0.4 is 5.32 Å². The highest BCUT2D eigenvalue weighted by atomic mass is 16.6. The fourth-order valence-electron chi connectivity index (χ4n) is 10.4. The molecule has 4 aliphatic rings. The number of fused-ring (bicyclic) bond motifs is 5. The molecule has 1 saturated heterocycles. The highest BCUT2D eigenvalue weighted by Crippen LogP contribution is 2.64. The smallest absolute Gasteiger partial charge is 0.407 e. The van der Waals surface area contributed by atoms with E-state index >= 15 is 4.79 Å². The Labute approximate surface area is 376 Å². The van der Waals surface area contributed by atoms with Gasteiger partial charge in [-0.2, -0.15) is 0 Å². The quantitative estimate of drug-likeness (QED) is 0.113. The van der Waals surface area contributed by atoms with Gasteiger partial charge in [0.1, 0.15) is 43.2 Å². The van der Waals surface area contributed by atoms with Crippen molar-refractivity contribution in [3.63, 3.8) is 0 Å². The van der Waals surface area contributed by atoms with E-state index in [2.05, 4.69) is 5.32 Å². The van der Waals surface area contributed by atoms with E-state index in [4.69, 9.17) is 28.4 Å². The zero-order valence-corrected chi connectivity index (χ0v) is 37.1. The van der Waals surface area contributed by atoms with Crippen LogP contribution in [0.15, 0.2) is 102 Å². The van der Waals surface area contributed by atoms with Gasteiger partial charge in [0.2, 0.25) is 6.10 Å². The van der Waals surface area contributed by atoms with Gasteiger partial charge >= 0.3 is 30.0 Å². The average Bonchev–Trinajstić information content (AvgIpc) is 3.28. The number of nitrogens with one attached hydrogen (secondary N) is 1. The molecule has 0 aromatic heterocycles. The predicted octanol–water partition coefficient (Wildman–Crippen LogP) is 4.27. The predicted molar refractivity (Wildman–Crippen MR) is 228 cm³/mol. The molecule has 11 atom stereocenters. The molecule has 3 aliphatic carbocycles. The van der Waals surface area contributed by atoms with E-state index in [-0.39, 0.29) is 36.3 Å². The number of alkyl carbamates (subject to hydrolysis) is 1. The number of ether oxygens (including phenoxy) is 6. The van der Waals surface area contributed by atoms with Gasteiger partial charge in [-0.3, -0.25) is 14.4 Å². The summed E-state index contributed by atoms with van der Waals surface area (Å²) < 4.78 is 35.4. The number of benzene rings is 3. The lowest BCUT2D eigenvalue weighted by Crippen LogP contribution is -2.81. The number of esters is 4. The largest absolute Gasteiger partial charge is 0.455 e. The number of hydrogen-bond acceptors (Lipinski definition) is 15. The number of Topliss-reactive ketones (excluding diaryl/α,β-unsaturated/α-hetero) is 1. The first-order valence-corrected chi connectivity index (χ1v) is 21.6. The van der Waals surface area contributed by atoms with Crippen LogP contribution in [-0.4, -0.2) is 112 Å². The zero-order valence-electron chi connectivity index (χ0n) is 37.1. The van der Waals surface area contributed by atoms with Crippen molar-refractivity contribution in [1.29, 1.82) is 0 Å². The SMILES string of the molecule is CC(=O)O[C@@]12CO[C@@H]1C[C@H](O)[C@@]1(C)C(=O)[C@H](O)C3=C(C)[C@@H](OC(=O)[C@H](OC(=O)CNC(=O)OCc4ccccc4)[C@@H](C)c4ccccc4)C[C@](O)([C@@H](OC(=O)c4ccccc4)[C@H]21)C3(C)C. The summed E-state index contributed by atoms with van der Waals surface area (Å²) in [4.78, 5) is 82.7. The van der Waals surface area contributed by atoms with E-state index in [9.17, 15) is 39.3 Å². The van der Waals surface area contributed by atoms with Crippen LogP contribution in [0.5, 0.6) is 0 Å². The van der Waals surface area contributed by atoms with Crippen molar-refractivity contribution in [1.82, 2.24) is 5.32 Å². The summed E-state index contributed by atoms with van der Waals surface area (Å²) in [5, 5.41) is 40.1. The first kappa shape index (κ1) is 47.0. The second-order valence-electron chi connectivity index (χ2n) is 18.1. The Morgan fingerprint density at radius 1 is 0.892 bits per heavy atom. The van der Waals surface area contributed by atoms with Crippen LogP contribution >= 0.6 is 0 Å². The van der Waals surface area contributed by atoms with Crippen LogP contribution in [0.2, 0.25) is 0 Å². The molecule has 65 heavy (non-hydrogen) atoms. The van der Waals surface area contributed by atoms with Gasteiger partial charge in [0.25, 0.3) is 0 Å². The van der Waals surface area contributed by atoms with Crippen molar-refractivity contribution in [3.8, 4) is 0 Å². The summed E-state index contributed by atoms with van der Waals surface area (Å²) >= 11 is 0. The summed E-state index contributed by atoms with van der Waals surface area (Å²) in [6, 6.07) is 25.4. The number of carbonyl (C=O) groups is 6. The normalized spacial score (nSPS) is 30.9. The lowest BCUT2D eigenvalue weighted by Gasteiger charge is -2.67. The topological polar surface area (TPSA) is 231 Å². The summed E-state index contributed by atoms with van der Waals surface area (Å²) in [6.45, 7) is 7.78. The maximum absolute atomic E-state index is 15.1. The third-order valence-electron chi connectivity index (χ3n) is 14.0. The van der Waals surface area contributed by atoms with E-state index in [1.165, 1.54) is 26.0 Å². The number of carbonyl (C=O) groups excluding carboxylic acids is 6. The third-order valence-corrected chi connectivity index (χ3v) is 14.0. The number of rotatable bonds is 12. The van der Waals surface area contributed by atoms with Gasteiger partial charge in [-0.15, -0.1) is 0 Å². The van der Waals surface area contributed by atoms with Crippen molar-refractivity contribution in [2.75, 3.05) is 13.2 Å². The van der Waals surface area contributed by atoms with Gasteiger partial charge in [-0.05, 0) is 48.3 Å². The van der Waals surface area contributed by atoms with Crippen molar-refractivity contribution in [2.45, 2.75) is 115 Å². The minimum Gasteiger partial charge on any atom is -0.455 e. The van der Waals surface area contributed by atoms with Gasteiger partial charge in [-0.1, -0.05) is 99.6 Å². The third kappa shape index (κ3) is 8.44. The number of amides is 1. The number of aliphatic hydroxyl groups is 3. The lowest BCUT2D eigenvalue weighted by molar-refractivity contribution is -0.346. The Hall–Kier alpha value is -5.94. The Morgan fingerprint density at radius 2 is 1.51 bits per heavy atom. The van der Waals surface area contributed by atoms with Crippen LogP contribution in [0.4, 0.5) is 4.79 Å². The highest BCUT2D eigenvalue weighted by molar-refractivity contribution is 5.94. The number of ketones is 1. The molecule has 1 amide bonds. The molecule has 16 heteroatoms. The Bertz CT molecular complexity index is 2340. The van der Waals surface area contributed by atoms with E-state index in [1.807, 2.05) is 6.07 Å². The molecular weight excluding hydrogens is 843 g/mol. The monoisotopic (exact) mass is 897 g/mol. The maximum Gasteiger partial charge on any atom is 0.407 e. The molecule has 3 aromatic carbocycles. The highest BCUT2D eigenvalue weighted by Gasteiger charge is 2.78. The molecular formula is C49H55NO15. The van der Waals surface area contributed by atoms with Crippen molar-refractivity contribution >= 4 is 35.8 Å². The van der Waals surface area contributed by atoms with E-state index in [0.717, 1.165) is 6.92 Å². The zero-order chi connectivity index (χ0) is 47.1. The standard InChI is InChI=1S/C49H55NO15/c1-27(31-18-12-8-13-19-31)39(63-36(53)24-50-45(58)60-25-30-16-10-7-11-17-30)44(57)62-33-23-49(59)42(64-43(56)32-20-14-9-15-21-32)40-47(6,41(55)38(54)37(28(33)2)46(49,4)5)34(52)22-35-48(40,26-61-35)65-29(3)51/h7-21,27,33-35,38-40,42,52,54,59H,22-26H2,1-6H3,(H,50,58)/t27-,33-,34-,35+,38+,39+,40-,42-,47+,48-,49-/m0/s1. The van der Waals surface area contributed by atoms with Gasteiger partial charge in [0.15, 0.2) is 11.4 Å². The molecule has 0 spiro atoms. The Balaban J connectivity index is 1.27. The van der Waals surface area contributed by atoms with Crippen LogP contribution in [0, 0.1) is 16.7 Å². The Kier molecular flexibility index (Phi) is 13.1. The fraction of sp³-hybridized carbons (Fsp3) is 0.469. The minimum atomic E-state index is -2.36. The molecule has 4 N–H and O–H groups in total. The van der Waals surface area contributed by atoms with E-state index < -0.39 is 119 Å². The second kappa shape index (κ2) is 18.1. The number of hydrogen-bond donors (Lipinski definition) is 4. The summed E-state index contributed by atoms with van der Waals surface area (Å²) in [7, 11) is 0. The molecule has 3 fully saturated rings. The van der Waals surface area contributed by atoms with Gasteiger partial charge in [0.05, 0.1) is 29.6 Å². The van der Waals surface area contributed by atoms with Gasteiger partial charge in [-0.25, -0.2) is 14.4 Å². The molecule has 1 aliphatic heterocycles. The number of aliphatic hydroxyl groups excluding tert-OH is 2. The summed E-state index contributed by atoms with van der Waals surface area (Å²) in [5.74, 6) is -7.07. The van der Waals surface area contributed by atoms with Crippen LogP contribution in [0.1, 0.15) is 81.8 Å². The van der Waals surface area contributed by atoms with Crippen molar-refractivity contribution < 1.29 is 72.5 Å². The second-order valence-corrected chi connectivity index (χ2v) is 18.1. The maximum atomic E-state index is 15.1. The van der Waals surface area contributed by atoms with Crippen LogP contribution in [0.25, 0.3) is 0 Å². The van der Waals surface area contributed by atoms with Crippen LogP contribution in [0.3, 0.4) is 0 Å². The molecule has 2 saturated carbocycles. The molecule has 2 bridgehead atoms. The lowest BCUT2D eigenvalue weighted by atomic mass is 9.44. The van der Waals surface area contributed by atoms with E-state index in [0.29, 0.717) is 11.1 Å². The molecule has 1 heterocycles. The van der Waals surface area contributed by atoms with Crippen LogP contribution in [-0.2, 0) is 54.2 Å². The summed E-state index contributed by atoms with van der Waals surface area (Å²) in [5.41, 5.74) is -6.29. The molecule has 3 aromatic rings. The summed E-state index contributed by atoms with van der Waals surface area (Å²) in [6.07, 6.45) is -11.1. The van der Waals surface area contributed by atoms with E-state index in [1.54, 1.807) is 93.6 Å². The molecule has 346 valence electrons. The molecule has 0 unspecified atom stereocenters. The first-order chi connectivity index (χ1) is 30.8. The molecule has 16 nitrogen and oxygen atoms in total. The minimum absolute atomic E-state index is 0.0573.